The highest BCUT2D eigenvalue weighted by Crippen LogP contribution is 2.41. The SMILES string of the molecule is COCCn1cccc1[C@@H]1[C@H](c2ccccn2)NC(=S)N1c1ccc(C)c(C)c1. The molecule has 29 heavy (non-hydrogen) atoms. The number of rotatable bonds is 6. The van der Waals surface area contributed by atoms with Crippen LogP contribution in [0.4, 0.5) is 5.69 Å². The van der Waals surface area contributed by atoms with E-state index in [9.17, 15) is 0 Å². The predicted molar refractivity (Wildman–Crippen MR) is 120 cm³/mol. The van der Waals surface area contributed by atoms with E-state index in [-0.39, 0.29) is 12.1 Å². The number of hydrogen-bond acceptors (Lipinski definition) is 3. The molecule has 6 heteroatoms. The third kappa shape index (κ3) is 3.78. The van der Waals surface area contributed by atoms with Gasteiger partial charge in [-0.1, -0.05) is 12.1 Å². The van der Waals surface area contributed by atoms with Crippen LogP contribution in [-0.2, 0) is 11.3 Å². The van der Waals surface area contributed by atoms with Crippen molar-refractivity contribution in [3.8, 4) is 0 Å². The first kappa shape index (κ1) is 19.6. The van der Waals surface area contributed by atoms with Crippen LogP contribution in [0.2, 0.25) is 0 Å². The standard InChI is InChI=1S/C23H26N4OS/c1-16-9-10-18(15-17(16)2)27-22(20-8-6-12-26(20)13-14-28-3)21(25-23(27)29)19-7-4-5-11-24-19/h4-12,15,21-22H,13-14H2,1-3H3,(H,25,29)/t21-,22+/m0/s1. The van der Waals surface area contributed by atoms with Crippen LogP contribution >= 0.6 is 12.2 Å². The van der Waals surface area contributed by atoms with Crippen molar-refractivity contribution in [2.75, 3.05) is 18.6 Å². The van der Waals surface area contributed by atoms with Crippen LogP contribution in [0.25, 0.3) is 0 Å². The average Bonchev–Trinajstić information content (AvgIpc) is 3.33. The van der Waals surface area contributed by atoms with Gasteiger partial charge in [-0.3, -0.25) is 4.98 Å². The molecule has 2 atom stereocenters. The zero-order chi connectivity index (χ0) is 20.4. The molecule has 0 saturated carbocycles. The Balaban J connectivity index is 1.82. The minimum absolute atomic E-state index is 0.00800. The molecule has 1 saturated heterocycles. The quantitative estimate of drug-likeness (QED) is 0.618. The second-order valence-electron chi connectivity index (χ2n) is 7.38. The summed E-state index contributed by atoms with van der Waals surface area (Å²) in [5, 5.41) is 4.24. The molecular weight excluding hydrogens is 380 g/mol. The van der Waals surface area contributed by atoms with Gasteiger partial charge in [-0.05, 0) is 73.6 Å². The maximum absolute atomic E-state index is 5.81. The first-order chi connectivity index (χ1) is 14.1. The fourth-order valence-corrected chi connectivity index (χ4v) is 4.24. The summed E-state index contributed by atoms with van der Waals surface area (Å²) < 4.78 is 7.56. The molecular formula is C23H26N4OS. The summed E-state index contributed by atoms with van der Waals surface area (Å²) in [5.41, 5.74) is 5.77. The van der Waals surface area contributed by atoms with Crippen molar-refractivity contribution in [2.24, 2.45) is 0 Å². The van der Waals surface area contributed by atoms with E-state index in [2.05, 4.69) is 76.2 Å². The van der Waals surface area contributed by atoms with E-state index in [0.717, 1.165) is 17.9 Å². The number of aromatic nitrogens is 2. The highest BCUT2D eigenvalue weighted by Gasteiger charge is 2.42. The first-order valence-electron chi connectivity index (χ1n) is 9.82. The summed E-state index contributed by atoms with van der Waals surface area (Å²) in [6, 6.07) is 16.7. The molecule has 0 bridgehead atoms. The lowest BCUT2D eigenvalue weighted by Gasteiger charge is -2.29. The molecule has 0 spiro atoms. The minimum atomic E-state index is -0.0403. The molecule has 150 valence electrons. The van der Waals surface area contributed by atoms with Crippen LogP contribution in [0.15, 0.2) is 60.9 Å². The fraction of sp³-hybridized carbons (Fsp3) is 0.304. The van der Waals surface area contributed by atoms with Crippen LogP contribution in [0.5, 0.6) is 0 Å². The third-order valence-corrected chi connectivity index (χ3v) is 5.89. The van der Waals surface area contributed by atoms with Crippen molar-refractivity contribution in [1.82, 2.24) is 14.9 Å². The largest absolute Gasteiger partial charge is 0.383 e. The van der Waals surface area contributed by atoms with Gasteiger partial charge in [0.1, 0.15) is 6.04 Å². The number of thiocarbonyl (C=S) groups is 1. The minimum Gasteiger partial charge on any atom is -0.383 e. The predicted octanol–water partition coefficient (Wildman–Crippen LogP) is 4.32. The van der Waals surface area contributed by atoms with E-state index in [0.29, 0.717) is 11.7 Å². The summed E-state index contributed by atoms with van der Waals surface area (Å²) in [6.45, 7) is 5.71. The van der Waals surface area contributed by atoms with Gasteiger partial charge in [0.25, 0.3) is 0 Å². The molecule has 0 radical (unpaired) electrons. The van der Waals surface area contributed by atoms with Gasteiger partial charge in [0.15, 0.2) is 5.11 Å². The number of anilines is 1. The summed E-state index contributed by atoms with van der Waals surface area (Å²) in [4.78, 5) is 6.85. The third-order valence-electron chi connectivity index (χ3n) is 5.57. The lowest BCUT2D eigenvalue weighted by atomic mass is 10.00. The van der Waals surface area contributed by atoms with Crippen LogP contribution in [0, 0.1) is 13.8 Å². The van der Waals surface area contributed by atoms with E-state index in [1.54, 1.807) is 7.11 Å². The fourth-order valence-electron chi connectivity index (χ4n) is 3.90. The van der Waals surface area contributed by atoms with E-state index < -0.39 is 0 Å². The lowest BCUT2D eigenvalue weighted by molar-refractivity contribution is 0.186. The maximum atomic E-state index is 5.81. The number of nitrogens with zero attached hydrogens (tertiary/aromatic N) is 3. The molecule has 1 aliphatic heterocycles. The molecule has 3 heterocycles. The highest BCUT2D eigenvalue weighted by atomic mass is 32.1. The lowest BCUT2D eigenvalue weighted by Crippen LogP contribution is -2.30. The molecule has 1 N–H and O–H groups in total. The van der Waals surface area contributed by atoms with Gasteiger partial charge in [-0.25, -0.2) is 0 Å². The van der Waals surface area contributed by atoms with Crippen molar-refractivity contribution in [3.05, 3.63) is 83.4 Å². The number of hydrogen-bond donors (Lipinski definition) is 1. The molecule has 0 aliphatic carbocycles. The van der Waals surface area contributed by atoms with Crippen molar-refractivity contribution < 1.29 is 4.74 Å². The Bertz CT molecular complexity index is 1000. The van der Waals surface area contributed by atoms with Gasteiger partial charge in [0, 0.05) is 37.4 Å². The summed E-state index contributed by atoms with van der Waals surface area (Å²) in [6.07, 6.45) is 3.93. The van der Waals surface area contributed by atoms with Crippen molar-refractivity contribution >= 4 is 23.0 Å². The van der Waals surface area contributed by atoms with Crippen LogP contribution in [-0.4, -0.2) is 28.4 Å². The smallest absolute Gasteiger partial charge is 0.174 e. The van der Waals surface area contributed by atoms with Gasteiger partial charge < -0.3 is 19.5 Å². The Kier molecular flexibility index (Phi) is 5.65. The Hall–Kier alpha value is -2.70. The highest BCUT2D eigenvalue weighted by molar-refractivity contribution is 7.80. The molecule has 1 fully saturated rings. The molecule has 5 nitrogen and oxygen atoms in total. The second kappa shape index (κ2) is 8.35. The number of nitrogens with one attached hydrogen (secondary N) is 1. The Morgan fingerprint density at radius 2 is 1.97 bits per heavy atom. The number of methoxy groups -OCH3 is 1. The monoisotopic (exact) mass is 406 g/mol. The van der Waals surface area contributed by atoms with E-state index in [1.807, 2.05) is 18.3 Å². The normalized spacial score (nSPS) is 18.9. The van der Waals surface area contributed by atoms with Gasteiger partial charge in [0.2, 0.25) is 0 Å². The molecule has 1 aromatic carbocycles. The molecule has 4 rings (SSSR count). The van der Waals surface area contributed by atoms with E-state index in [4.69, 9.17) is 17.0 Å². The first-order valence-corrected chi connectivity index (χ1v) is 10.2. The van der Waals surface area contributed by atoms with Crippen LogP contribution < -0.4 is 10.2 Å². The van der Waals surface area contributed by atoms with Gasteiger partial charge >= 0.3 is 0 Å². The number of ether oxygens (including phenoxy) is 1. The molecule has 3 aromatic rings. The Labute approximate surface area is 177 Å². The Morgan fingerprint density at radius 1 is 1.10 bits per heavy atom. The van der Waals surface area contributed by atoms with Gasteiger partial charge in [0.05, 0.1) is 18.3 Å². The van der Waals surface area contributed by atoms with E-state index in [1.165, 1.54) is 16.8 Å². The van der Waals surface area contributed by atoms with Crippen LogP contribution in [0.1, 0.15) is 34.6 Å². The zero-order valence-electron chi connectivity index (χ0n) is 17.0. The maximum Gasteiger partial charge on any atom is 0.174 e. The zero-order valence-corrected chi connectivity index (χ0v) is 17.8. The molecule has 2 aromatic heterocycles. The van der Waals surface area contributed by atoms with Gasteiger partial charge in [-0.15, -0.1) is 0 Å². The van der Waals surface area contributed by atoms with Crippen LogP contribution in [0.3, 0.4) is 0 Å². The molecule has 0 amide bonds. The summed E-state index contributed by atoms with van der Waals surface area (Å²) in [5.74, 6) is 0. The molecule has 0 unspecified atom stereocenters. The summed E-state index contributed by atoms with van der Waals surface area (Å²) in [7, 11) is 1.73. The Morgan fingerprint density at radius 3 is 2.69 bits per heavy atom. The average molecular weight is 407 g/mol. The van der Waals surface area contributed by atoms with Gasteiger partial charge in [-0.2, -0.15) is 0 Å². The number of aryl methyl sites for hydroxylation is 2. The van der Waals surface area contributed by atoms with Crippen molar-refractivity contribution in [2.45, 2.75) is 32.5 Å². The van der Waals surface area contributed by atoms with Crippen molar-refractivity contribution in [1.29, 1.82) is 0 Å². The van der Waals surface area contributed by atoms with Crippen molar-refractivity contribution in [3.63, 3.8) is 0 Å². The second-order valence-corrected chi connectivity index (χ2v) is 7.77. The number of pyridine rings is 1. The molecule has 1 aliphatic rings. The summed E-state index contributed by atoms with van der Waals surface area (Å²) >= 11 is 5.81. The number of benzene rings is 1. The van der Waals surface area contributed by atoms with E-state index >= 15 is 0 Å². The topological polar surface area (TPSA) is 42.3 Å².